The van der Waals surface area contributed by atoms with E-state index in [2.05, 4.69) is 30.6 Å². The lowest BCUT2D eigenvalue weighted by Gasteiger charge is -2.11. The van der Waals surface area contributed by atoms with Crippen molar-refractivity contribution < 1.29 is 23.9 Å². The Labute approximate surface area is 213 Å². The van der Waals surface area contributed by atoms with Crippen LogP contribution in [0.5, 0.6) is 0 Å². The van der Waals surface area contributed by atoms with Crippen molar-refractivity contribution in [2.75, 3.05) is 19.0 Å². The summed E-state index contributed by atoms with van der Waals surface area (Å²) in [5.74, 6) is -1.35. The van der Waals surface area contributed by atoms with Crippen molar-refractivity contribution in [3.63, 3.8) is 0 Å². The van der Waals surface area contributed by atoms with Crippen molar-refractivity contribution in [1.29, 1.82) is 0 Å². The lowest BCUT2D eigenvalue weighted by Crippen LogP contribution is -2.26. The van der Waals surface area contributed by atoms with Gasteiger partial charge in [0, 0.05) is 22.8 Å². The van der Waals surface area contributed by atoms with E-state index in [1.807, 2.05) is 0 Å². The molecule has 0 saturated heterocycles. The summed E-state index contributed by atoms with van der Waals surface area (Å²) >= 11 is 6.15. The van der Waals surface area contributed by atoms with Crippen LogP contribution in [0.3, 0.4) is 0 Å². The van der Waals surface area contributed by atoms with E-state index < -0.39 is 36.6 Å². The van der Waals surface area contributed by atoms with Crippen molar-refractivity contribution >= 4 is 35.1 Å². The number of methoxy groups -OCH3 is 1. The number of hydrogen-bond acceptors (Lipinski definition) is 10. The smallest absolute Gasteiger partial charge is 0.411 e. The fraction of sp³-hybridized carbons (Fsp3) is 0.130. The van der Waals surface area contributed by atoms with Gasteiger partial charge in [-0.05, 0) is 52.4 Å². The zero-order chi connectivity index (χ0) is 26.4. The molecule has 0 radical (unpaired) electrons. The molecule has 0 atom stereocenters. The highest BCUT2D eigenvalue weighted by Gasteiger charge is 2.15. The van der Waals surface area contributed by atoms with Gasteiger partial charge in [-0.3, -0.25) is 24.7 Å². The number of rotatable bonds is 8. The molecule has 4 rings (SSSR count). The summed E-state index contributed by atoms with van der Waals surface area (Å²) in [5.41, 5.74) is 1.63. The van der Waals surface area contributed by atoms with Crippen LogP contribution in [0, 0.1) is 0 Å². The monoisotopic (exact) mass is 523 g/mol. The summed E-state index contributed by atoms with van der Waals surface area (Å²) in [7, 11) is 1.21. The molecule has 14 heteroatoms. The highest BCUT2D eigenvalue weighted by molar-refractivity contribution is 6.31. The van der Waals surface area contributed by atoms with Crippen LogP contribution >= 0.6 is 11.6 Å². The van der Waals surface area contributed by atoms with Crippen molar-refractivity contribution in [3.8, 4) is 16.8 Å². The predicted octanol–water partition coefficient (Wildman–Crippen LogP) is 2.14. The Morgan fingerprint density at radius 2 is 1.95 bits per heavy atom. The summed E-state index contributed by atoms with van der Waals surface area (Å²) in [6.07, 6.45) is 3.42. The molecule has 1 aromatic carbocycles. The first kappa shape index (κ1) is 25.2. The normalized spacial score (nSPS) is 10.5. The fourth-order valence-corrected chi connectivity index (χ4v) is 3.40. The van der Waals surface area contributed by atoms with Crippen LogP contribution in [-0.4, -0.2) is 61.3 Å². The van der Waals surface area contributed by atoms with Gasteiger partial charge < -0.3 is 14.0 Å². The van der Waals surface area contributed by atoms with Crippen LogP contribution in [-0.2, 0) is 20.8 Å². The largest absolute Gasteiger partial charge is 0.456 e. The van der Waals surface area contributed by atoms with Crippen molar-refractivity contribution in [3.05, 3.63) is 82.3 Å². The zero-order valence-corrected chi connectivity index (χ0v) is 20.0. The number of carbonyl (C=O) groups excluding carboxylic acids is 3. The molecule has 0 spiro atoms. The molecule has 3 aromatic heterocycles. The number of halogens is 1. The maximum Gasteiger partial charge on any atom is 0.411 e. The Hall–Kier alpha value is -4.91. The molecule has 1 amide bonds. The lowest BCUT2D eigenvalue weighted by molar-refractivity contribution is -0.143. The van der Waals surface area contributed by atoms with Crippen LogP contribution < -0.4 is 10.9 Å². The minimum absolute atomic E-state index is 0.0321. The summed E-state index contributed by atoms with van der Waals surface area (Å²) < 4.78 is 12.1. The maximum absolute atomic E-state index is 12.7. The van der Waals surface area contributed by atoms with Gasteiger partial charge in [0.15, 0.2) is 6.61 Å². The number of nitrogens with one attached hydrogen (secondary N) is 1. The minimum Gasteiger partial charge on any atom is -0.456 e. The number of hydrogen-bond donors (Lipinski definition) is 1. The first-order valence-electron chi connectivity index (χ1n) is 10.6. The summed E-state index contributed by atoms with van der Waals surface area (Å²) in [4.78, 5) is 52.3. The second-order valence-electron chi connectivity index (χ2n) is 7.43. The first-order chi connectivity index (χ1) is 17.8. The molecule has 3 heterocycles. The van der Waals surface area contributed by atoms with Crippen molar-refractivity contribution in [2.45, 2.75) is 6.54 Å². The second kappa shape index (κ2) is 11.2. The van der Waals surface area contributed by atoms with E-state index in [9.17, 15) is 19.2 Å². The average Bonchev–Trinajstić information content (AvgIpc) is 3.43. The molecular formula is C23H18ClN7O6. The molecule has 0 bridgehead atoms. The number of Topliss-reactive ketones (excluding diaryl/α,β-unsaturated/α-hetero) is 1. The van der Waals surface area contributed by atoms with E-state index in [1.165, 1.54) is 48.7 Å². The number of tetrazole rings is 1. The van der Waals surface area contributed by atoms with Crippen LogP contribution in [0.15, 0.2) is 66.0 Å². The third-order valence-electron chi connectivity index (χ3n) is 5.01. The highest BCUT2D eigenvalue weighted by Crippen LogP contribution is 2.28. The van der Waals surface area contributed by atoms with E-state index in [0.717, 1.165) is 4.57 Å². The van der Waals surface area contributed by atoms with Gasteiger partial charge in [-0.1, -0.05) is 11.6 Å². The van der Waals surface area contributed by atoms with Gasteiger partial charge in [-0.15, -0.1) is 5.10 Å². The Kier molecular flexibility index (Phi) is 7.64. The number of amides is 1. The van der Waals surface area contributed by atoms with Crippen LogP contribution in [0.2, 0.25) is 5.02 Å². The second-order valence-corrected chi connectivity index (χ2v) is 7.87. The number of carbonyl (C=O) groups is 3. The molecule has 0 fully saturated rings. The van der Waals surface area contributed by atoms with E-state index in [0.29, 0.717) is 27.5 Å². The third kappa shape index (κ3) is 6.21. The van der Waals surface area contributed by atoms with Gasteiger partial charge in [0.25, 0.3) is 5.56 Å². The topological polar surface area (TPSA) is 160 Å². The molecule has 188 valence electrons. The van der Waals surface area contributed by atoms with Gasteiger partial charge in [-0.25, -0.2) is 4.79 Å². The molecule has 0 unspecified atom stereocenters. The Morgan fingerprint density at radius 1 is 1.11 bits per heavy atom. The standard InChI is InChI=1S/C23H18ClN7O6/c1-36-23(35)27-16-3-4-18(25-10-16)20(32)12-37-22(34)11-30-7-6-14(8-21(30)33)17-9-15(24)2-5-19(17)31-13-26-28-29-31/h2-10,13H,11-12H2,1H3,(H,27,35). The number of pyridine rings is 2. The predicted molar refractivity (Wildman–Crippen MR) is 129 cm³/mol. The van der Waals surface area contributed by atoms with Gasteiger partial charge in [0.05, 0.1) is 24.7 Å². The van der Waals surface area contributed by atoms with Crippen LogP contribution in [0.25, 0.3) is 16.8 Å². The Balaban J connectivity index is 1.39. The fourth-order valence-electron chi connectivity index (χ4n) is 3.22. The SMILES string of the molecule is COC(=O)Nc1ccc(C(=O)COC(=O)Cn2ccc(-c3cc(Cl)ccc3-n3cnnn3)cc2=O)nc1. The molecule has 1 N–H and O–H groups in total. The van der Waals surface area contributed by atoms with Gasteiger partial charge in [0.1, 0.15) is 18.6 Å². The lowest BCUT2D eigenvalue weighted by atomic mass is 10.0. The van der Waals surface area contributed by atoms with Crippen LogP contribution in [0.1, 0.15) is 10.5 Å². The number of ketones is 1. The highest BCUT2D eigenvalue weighted by atomic mass is 35.5. The van der Waals surface area contributed by atoms with E-state index in [-0.39, 0.29) is 5.69 Å². The maximum atomic E-state index is 12.7. The molecule has 37 heavy (non-hydrogen) atoms. The van der Waals surface area contributed by atoms with E-state index in [4.69, 9.17) is 16.3 Å². The number of nitrogens with zero attached hydrogens (tertiary/aromatic N) is 6. The average molecular weight is 524 g/mol. The molecule has 0 aliphatic heterocycles. The third-order valence-corrected chi connectivity index (χ3v) is 5.24. The Bertz CT molecular complexity index is 1500. The first-order valence-corrected chi connectivity index (χ1v) is 11.0. The summed E-state index contributed by atoms with van der Waals surface area (Å²) in [6, 6.07) is 10.8. The van der Waals surface area contributed by atoms with Crippen molar-refractivity contribution in [1.82, 2.24) is 29.8 Å². The van der Waals surface area contributed by atoms with Gasteiger partial charge in [-0.2, -0.15) is 4.68 Å². The summed E-state index contributed by atoms with van der Waals surface area (Å²) in [5, 5.41) is 14.0. The number of aromatic nitrogens is 6. The molecule has 0 aliphatic carbocycles. The number of anilines is 1. The number of ether oxygens (including phenoxy) is 2. The van der Waals surface area contributed by atoms with Crippen molar-refractivity contribution in [2.24, 2.45) is 0 Å². The molecule has 0 aliphatic rings. The zero-order valence-electron chi connectivity index (χ0n) is 19.2. The van der Waals surface area contributed by atoms with E-state index >= 15 is 0 Å². The van der Waals surface area contributed by atoms with Gasteiger partial charge >= 0.3 is 12.1 Å². The summed E-state index contributed by atoms with van der Waals surface area (Å²) in [6.45, 7) is -0.975. The molecule has 13 nitrogen and oxygen atoms in total. The number of benzene rings is 1. The van der Waals surface area contributed by atoms with Gasteiger partial charge in [0.2, 0.25) is 5.78 Å². The molecule has 0 saturated carbocycles. The number of esters is 1. The molecular weight excluding hydrogens is 506 g/mol. The molecule has 4 aromatic rings. The van der Waals surface area contributed by atoms with E-state index in [1.54, 1.807) is 24.3 Å². The quantitative estimate of drug-likeness (QED) is 0.267. The Morgan fingerprint density at radius 3 is 2.62 bits per heavy atom. The van der Waals surface area contributed by atoms with Crippen LogP contribution in [0.4, 0.5) is 10.5 Å². The minimum atomic E-state index is -0.788.